The van der Waals surface area contributed by atoms with Gasteiger partial charge in [-0.1, -0.05) is 42.5 Å². The van der Waals surface area contributed by atoms with Crippen molar-refractivity contribution < 1.29 is 4.79 Å². The van der Waals surface area contributed by atoms with Crippen LogP contribution in [0.5, 0.6) is 0 Å². The Morgan fingerprint density at radius 2 is 1.56 bits per heavy atom. The molecule has 0 radical (unpaired) electrons. The van der Waals surface area contributed by atoms with Crippen LogP contribution in [0.1, 0.15) is 21.5 Å². The van der Waals surface area contributed by atoms with Crippen LogP contribution >= 0.6 is 0 Å². The Kier molecular flexibility index (Phi) is 5.60. The van der Waals surface area contributed by atoms with Gasteiger partial charge in [0.05, 0.1) is 0 Å². The maximum absolute atomic E-state index is 11.3. The van der Waals surface area contributed by atoms with Gasteiger partial charge in [-0.2, -0.15) is 0 Å². The summed E-state index contributed by atoms with van der Waals surface area (Å²) in [6.07, 6.45) is 4.00. The number of benzene rings is 2. The van der Waals surface area contributed by atoms with Crippen LogP contribution in [0.15, 0.2) is 79.1 Å². The fraction of sp³-hybridized carbons (Fsp3) is 0.231. The van der Waals surface area contributed by atoms with Gasteiger partial charge in [-0.25, -0.2) is 4.98 Å². The van der Waals surface area contributed by atoms with Crippen molar-refractivity contribution in [3.8, 4) is 0 Å². The van der Waals surface area contributed by atoms with Gasteiger partial charge in [-0.3, -0.25) is 9.69 Å². The standard InChI is InChI=1S/C26H27N5O/c27-25(32)22-8-6-21(7-9-22)19-31-13-11-23-24(10-12-28-26(23)31)30-16-14-29(15-17-30)18-20-4-2-1-3-5-20/h1-13H,14-19H2,(H2,27,32). The number of hydrogen-bond acceptors (Lipinski definition) is 4. The lowest BCUT2D eigenvalue weighted by Crippen LogP contribution is -2.46. The maximum Gasteiger partial charge on any atom is 0.248 e. The van der Waals surface area contributed by atoms with Gasteiger partial charge in [0.15, 0.2) is 0 Å². The highest BCUT2D eigenvalue weighted by molar-refractivity contribution is 5.92. The summed E-state index contributed by atoms with van der Waals surface area (Å²) < 4.78 is 2.16. The van der Waals surface area contributed by atoms with Gasteiger partial charge in [-0.05, 0) is 35.4 Å². The lowest BCUT2D eigenvalue weighted by Gasteiger charge is -2.36. The summed E-state index contributed by atoms with van der Waals surface area (Å²) >= 11 is 0. The Morgan fingerprint density at radius 1 is 0.844 bits per heavy atom. The molecule has 1 fully saturated rings. The summed E-state index contributed by atoms with van der Waals surface area (Å²) in [4.78, 5) is 21.0. The lowest BCUT2D eigenvalue weighted by atomic mass is 10.1. The second kappa shape index (κ2) is 8.85. The molecule has 1 aliphatic heterocycles. The number of fused-ring (bicyclic) bond motifs is 1. The van der Waals surface area contributed by atoms with Gasteiger partial charge in [-0.15, -0.1) is 0 Å². The molecule has 1 amide bonds. The zero-order valence-electron chi connectivity index (χ0n) is 18.0. The minimum absolute atomic E-state index is 0.405. The molecule has 162 valence electrons. The summed E-state index contributed by atoms with van der Waals surface area (Å²) in [5.41, 5.74) is 10.6. The number of pyridine rings is 1. The molecule has 0 saturated carbocycles. The number of anilines is 1. The molecular weight excluding hydrogens is 398 g/mol. The second-order valence-electron chi connectivity index (χ2n) is 8.32. The summed E-state index contributed by atoms with van der Waals surface area (Å²) in [7, 11) is 0. The van der Waals surface area contributed by atoms with Gasteiger partial charge in [0, 0.05) is 68.3 Å². The summed E-state index contributed by atoms with van der Waals surface area (Å²) in [5, 5.41) is 1.18. The molecule has 32 heavy (non-hydrogen) atoms. The number of rotatable bonds is 6. The van der Waals surface area contributed by atoms with Crippen LogP contribution in [0.25, 0.3) is 11.0 Å². The molecule has 0 atom stereocenters. The van der Waals surface area contributed by atoms with E-state index in [9.17, 15) is 4.79 Å². The van der Waals surface area contributed by atoms with Crippen LogP contribution in [0.4, 0.5) is 5.69 Å². The molecule has 0 unspecified atom stereocenters. The third-order valence-corrected chi connectivity index (χ3v) is 6.19. The van der Waals surface area contributed by atoms with Crippen molar-refractivity contribution in [2.24, 2.45) is 5.73 Å². The van der Waals surface area contributed by atoms with Gasteiger partial charge >= 0.3 is 0 Å². The van der Waals surface area contributed by atoms with Crippen LogP contribution in [0.3, 0.4) is 0 Å². The Morgan fingerprint density at radius 3 is 2.28 bits per heavy atom. The Balaban J connectivity index is 1.29. The minimum atomic E-state index is -0.405. The molecule has 6 heteroatoms. The van der Waals surface area contributed by atoms with E-state index >= 15 is 0 Å². The van der Waals surface area contributed by atoms with Crippen LogP contribution in [0, 0.1) is 0 Å². The Labute approximate surface area is 187 Å². The first-order valence-corrected chi connectivity index (χ1v) is 11.0. The average Bonchev–Trinajstić information content (AvgIpc) is 3.23. The molecule has 5 rings (SSSR count). The van der Waals surface area contributed by atoms with E-state index in [4.69, 9.17) is 5.73 Å². The van der Waals surface area contributed by atoms with Crippen LogP contribution in [0.2, 0.25) is 0 Å². The molecule has 0 aliphatic carbocycles. The third kappa shape index (κ3) is 4.22. The number of aromatic nitrogens is 2. The van der Waals surface area contributed by atoms with E-state index in [0.29, 0.717) is 12.1 Å². The Bertz CT molecular complexity index is 1210. The number of piperazine rings is 1. The molecule has 2 aromatic carbocycles. The first kappa shape index (κ1) is 20.3. The van der Waals surface area contributed by atoms with Gasteiger partial charge in [0.2, 0.25) is 5.91 Å². The van der Waals surface area contributed by atoms with Crippen molar-refractivity contribution in [1.82, 2.24) is 14.5 Å². The first-order chi connectivity index (χ1) is 15.7. The molecular formula is C26H27N5O. The summed E-state index contributed by atoms with van der Waals surface area (Å²) in [6, 6.07) is 22.4. The lowest BCUT2D eigenvalue weighted by molar-refractivity contribution is 0.100. The van der Waals surface area contributed by atoms with Crippen molar-refractivity contribution in [3.05, 3.63) is 95.8 Å². The van der Waals surface area contributed by atoms with Crippen LogP contribution in [-0.2, 0) is 13.1 Å². The molecule has 2 N–H and O–H groups in total. The van der Waals surface area contributed by atoms with E-state index in [2.05, 4.69) is 68.0 Å². The normalized spacial score (nSPS) is 14.7. The third-order valence-electron chi connectivity index (χ3n) is 6.19. The minimum Gasteiger partial charge on any atom is -0.368 e. The fourth-order valence-electron chi connectivity index (χ4n) is 4.44. The van der Waals surface area contributed by atoms with E-state index in [-0.39, 0.29) is 0 Å². The van der Waals surface area contributed by atoms with E-state index in [1.165, 1.54) is 16.6 Å². The number of carbonyl (C=O) groups is 1. The zero-order chi connectivity index (χ0) is 21.9. The summed E-state index contributed by atoms with van der Waals surface area (Å²) in [6.45, 7) is 5.81. The van der Waals surface area contributed by atoms with E-state index in [0.717, 1.165) is 43.9 Å². The largest absolute Gasteiger partial charge is 0.368 e. The average molecular weight is 426 g/mol. The SMILES string of the molecule is NC(=O)c1ccc(Cn2ccc3c(N4CCN(Cc5ccccc5)CC4)ccnc32)cc1. The van der Waals surface area contributed by atoms with Crippen molar-refractivity contribution >= 4 is 22.6 Å². The second-order valence-corrected chi connectivity index (χ2v) is 8.32. The van der Waals surface area contributed by atoms with Crippen molar-refractivity contribution in [1.29, 1.82) is 0 Å². The highest BCUT2D eigenvalue weighted by Crippen LogP contribution is 2.28. The predicted molar refractivity (Wildman–Crippen MR) is 128 cm³/mol. The van der Waals surface area contributed by atoms with E-state index in [1.54, 1.807) is 12.1 Å². The number of nitrogens with two attached hydrogens (primary N) is 1. The zero-order valence-corrected chi connectivity index (χ0v) is 18.0. The number of nitrogens with zero attached hydrogens (tertiary/aromatic N) is 4. The quantitative estimate of drug-likeness (QED) is 0.513. The molecule has 0 bridgehead atoms. The smallest absolute Gasteiger partial charge is 0.248 e. The Hall–Kier alpha value is -3.64. The number of carbonyl (C=O) groups excluding carboxylic acids is 1. The number of amides is 1. The molecule has 1 aliphatic rings. The van der Waals surface area contributed by atoms with Crippen molar-refractivity contribution in [3.63, 3.8) is 0 Å². The van der Waals surface area contributed by atoms with E-state index < -0.39 is 5.91 Å². The van der Waals surface area contributed by atoms with Crippen molar-refractivity contribution in [2.75, 3.05) is 31.1 Å². The summed E-state index contributed by atoms with van der Waals surface area (Å²) in [5.74, 6) is -0.405. The maximum atomic E-state index is 11.3. The highest BCUT2D eigenvalue weighted by atomic mass is 16.1. The van der Waals surface area contributed by atoms with Crippen molar-refractivity contribution in [2.45, 2.75) is 13.1 Å². The van der Waals surface area contributed by atoms with Gasteiger partial charge < -0.3 is 15.2 Å². The van der Waals surface area contributed by atoms with Crippen LogP contribution < -0.4 is 10.6 Å². The topological polar surface area (TPSA) is 67.4 Å². The van der Waals surface area contributed by atoms with Gasteiger partial charge in [0.25, 0.3) is 0 Å². The first-order valence-electron chi connectivity index (χ1n) is 11.0. The highest BCUT2D eigenvalue weighted by Gasteiger charge is 2.20. The molecule has 4 aromatic rings. The molecule has 0 spiro atoms. The fourth-order valence-corrected chi connectivity index (χ4v) is 4.44. The molecule has 3 heterocycles. The van der Waals surface area contributed by atoms with E-state index in [1.807, 2.05) is 18.3 Å². The van der Waals surface area contributed by atoms with Gasteiger partial charge in [0.1, 0.15) is 5.65 Å². The molecule has 6 nitrogen and oxygen atoms in total. The molecule has 1 saturated heterocycles. The molecule has 2 aromatic heterocycles. The number of primary amides is 1. The van der Waals surface area contributed by atoms with Crippen LogP contribution in [-0.4, -0.2) is 46.5 Å². The monoisotopic (exact) mass is 425 g/mol. The number of hydrogen-bond donors (Lipinski definition) is 1. The predicted octanol–water partition coefficient (Wildman–Crippen LogP) is 3.51.